The Morgan fingerprint density at radius 3 is 2.51 bits per heavy atom. The number of hydrogen-bond donors (Lipinski definition) is 3. The Morgan fingerprint density at radius 1 is 0.933 bits per heavy atom. The zero-order valence-electron chi connectivity index (χ0n) is 25.0. The molecule has 45 heavy (non-hydrogen) atoms. The number of nitrogens with one attached hydrogen (secondary N) is 3. The first kappa shape index (κ1) is 31.5. The number of thioether (sulfide) groups is 1. The van der Waals surface area contributed by atoms with E-state index >= 15 is 0 Å². The summed E-state index contributed by atoms with van der Waals surface area (Å²) in [4.78, 5) is 44.8. The molecule has 0 bridgehead atoms. The summed E-state index contributed by atoms with van der Waals surface area (Å²) in [6, 6.07) is 29.2. The number of aryl methyl sites for hydroxylation is 1. The fourth-order valence-corrected chi connectivity index (χ4v) is 6.22. The van der Waals surface area contributed by atoms with Gasteiger partial charge in [-0.15, -0.1) is 11.8 Å². The molecule has 0 radical (unpaired) electrons. The third-order valence-corrected chi connectivity index (χ3v) is 8.58. The van der Waals surface area contributed by atoms with Crippen LogP contribution in [0.25, 0.3) is 16.3 Å². The molecule has 1 aromatic heterocycles. The number of rotatable bonds is 11. The Kier molecular flexibility index (Phi) is 10.3. The molecule has 1 unspecified atom stereocenters. The standard InChI is InChI=1S/C35H32N4O4S2/c1-4-43-27-16-17-29-31(21-27)45-35(38-29)39-32(40)23(3)44-28-15-9-14-26(20-28)36-34(42)30(19-24-11-8-10-22(2)18-24)37-33(41)25-12-6-5-7-13-25/h5-21,23H,4H2,1-3H3,(H,36,42)(H,37,41)(H,38,39,40)/b30-19+. The molecule has 10 heteroatoms. The molecule has 0 spiro atoms. The summed E-state index contributed by atoms with van der Waals surface area (Å²) in [5, 5.41) is 8.64. The second-order valence-corrected chi connectivity index (χ2v) is 12.6. The first-order chi connectivity index (χ1) is 21.8. The third-order valence-electron chi connectivity index (χ3n) is 6.56. The number of benzene rings is 4. The average Bonchev–Trinajstić information content (AvgIpc) is 3.43. The van der Waals surface area contributed by atoms with Gasteiger partial charge in [0, 0.05) is 16.1 Å². The van der Waals surface area contributed by atoms with Gasteiger partial charge in [0.15, 0.2) is 5.13 Å². The normalized spacial score (nSPS) is 11.9. The number of hydrogen-bond acceptors (Lipinski definition) is 7. The maximum Gasteiger partial charge on any atom is 0.272 e. The van der Waals surface area contributed by atoms with Gasteiger partial charge in [-0.2, -0.15) is 0 Å². The largest absolute Gasteiger partial charge is 0.494 e. The molecule has 4 aromatic carbocycles. The van der Waals surface area contributed by atoms with Crippen LogP contribution in [0.2, 0.25) is 0 Å². The summed E-state index contributed by atoms with van der Waals surface area (Å²) in [7, 11) is 0. The van der Waals surface area contributed by atoms with Crippen molar-refractivity contribution in [2.45, 2.75) is 30.9 Å². The summed E-state index contributed by atoms with van der Waals surface area (Å²) in [6.45, 7) is 6.28. The number of anilines is 2. The lowest BCUT2D eigenvalue weighted by molar-refractivity contribution is -0.115. The fraction of sp³-hybridized carbons (Fsp3) is 0.143. The molecular weight excluding hydrogens is 605 g/mol. The van der Waals surface area contributed by atoms with Crippen molar-refractivity contribution in [2.24, 2.45) is 0 Å². The van der Waals surface area contributed by atoms with Crippen LogP contribution in [0.1, 0.15) is 35.3 Å². The first-order valence-corrected chi connectivity index (χ1v) is 16.0. The zero-order chi connectivity index (χ0) is 31.8. The number of carbonyl (C=O) groups is 3. The van der Waals surface area contributed by atoms with Crippen molar-refractivity contribution in [3.63, 3.8) is 0 Å². The van der Waals surface area contributed by atoms with Crippen LogP contribution < -0.4 is 20.7 Å². The Labute approximate surface area is 269 Å². The summed E-state index contributed by atoms with van der Waals surface area (Å²) in [5.41, 5.74) is 3.66. The van der Waals surface area contributed by atoms with Crippen LogP contribution in [0.5, 0.6) is 5.75 Å². The van der Waals surface area contributed by atoms with Gasteiger partial charge in [-0.25, -0.2) is 4.98 Å². The molecule has 1 heterocycles. The highest BCUT2D eigenvalue weighted by molar-refractivity contribution is 8.00. The van der Waals surface area contributed by atoms with Crippen LogP contribution in [0.15, 0.2) is 108 Å². The molecule has 3 amide bonds. The average molecular weight is 637 g/mol. The molecule has 0 aliphatic rings. The van der Waals surface area contributed by atoms with Crippen LogP contribution >= 0.6 is 23.1 Å². The molecule has 3 N–H and O–H groups in total. The third kappa shape index (κ3) is 8.59. The predicted octanol–water partition coefficient (Wildman–Crippen LogP) is 7.53. The van der Waals surface area contributed by atoms with E-state index in [9.17, 15) is 14.4 Å². The maximum absolute atomic E-state index is 13.5. The minimum atomic E-state index is -0.475. The predicted molar refractivity (Wildman–Crippen MR) is 183 cm³/mol. The lowest BCUT2D eigenvalue weighted by Crippen LogP contribution is -2.30. The van der Waals surface area contributed by atoms with E-state index < -0.39 is 17.1 Å². The first-order valence-electron chi connectivity index (χ1n) is 14.3. The summed E-state index contributed by atoms with van der Waals surface area (Å²) >= 11 is 2.75. The number of fused-ring (bicyclic) bond motifs is 1. The van der Waals surface area contributed by atoms with Crippen LogP contribution in [-0.2, 0) is 9.59 Å². The number of nitrogens with zero attached hydrogens (tertiary/aromatic N) is 1. The molecule has 5 aromatic rings. The number of carbonyl (C=O) groups excluding carboxylic acids is 3. The quantitative estimate of drug-likeness (QED) is 0.102. The van der Waals surface area contributed by atoms with Gasteiger partial charge in [0.2, 0.25) is 5.91 Å². The van der Waals surface area contributed by atoms with E-state index in [4.69, 9.17) is 4.74 Å². The van der Waals surface area contributed by atoms with E-state index in [-0.39, 0.29) is 11.6 Å². The molecule has 0 saturated heterocycles. The number of amides is 3. The SMILES string of the molecule is CCOc1ccc2nc(NC(=O)C(C)Sc3cccc(NC(=O)/C(=C\c4cccc(C)c4)NC(=O)c4ccccc4)c3)sc2c1. The van der Waals surface area contributed by atoms with Crippen molar-refractivity contribution in [1.29, 1.82) is 0 Å². The molecule has 1 atom stereocenters. The molecule has 0 saturated carbocycles. The van der Waals surface area contributed by atoms with Crippen LogP contribution in [0.3, 0.4) is 0 Å². The van der Waals surface area contributed by atoms with Crippen LogP contribution in [0.4, 0.5) is 10.8 Å². The monoisotopic (exact) mass is 636 g/mol. The summed E-state index contributed by atoms with van der Waals surface area (Å²) in [6.07, 6.45) is 1.65. The van der Waals surface area contributed by atoms with E-state index in [1.165, 1.54) is 23.1 Å². The van der Waals surface area contributed by atoms with Crippen LogP contribution in [-0.4, -0.2) is 34.6 Å². The van der Waals surface area contributed by atoms with E-state index in [0.29, 0.717) is 23.0 Å². The lowest BCUT2D eigenvalue weighted by Gasteiger charge is -2.14. The highest BCUT2D eigenvalue weighted by Crippen LogP contribution is 2.31. The number of ether oxygens (including phenoxy) is 1. The Bertz CT molecular complexity index is 1870. The number of thiazole rings is 1. The minimum Gasteiger partial charge on any atom is -0.494 e. The number of aromatic nitrogens is 1. The van der Waals surface area contributed by atoms with Gasteiger partial charge in [-0.3, -0.25) is 14.4 Å². The van der Waals surface area contributed by atoms with E-state index in [2.05, 4.69) is 20.9 Å². The van der Waals surface area contributed by atoms with Gasteiger partial charge in [0.25, 0.3) is 11.8 Å². The van der Waals surface area contributed by atoms with Gasteiger partial charge < -0.3 is 20.7 Å². The smallest absolute Gasteiger partial charge is 0.272 e. The Balaban J connectivity index is 1.26. The van der Waals surface area contributed by atoms with Gasteiger partial charge in [0.1, 0.15) is 11.4 Å². The summed E-state index contributed by atoms with van der Waals surface area (Å²) < 4.78 is 6.49. The molecule has 0 fully saturated rings. The van der Waals surface area contributed by atoms with Crippen LogP contribution in [0, 0.1) is 6.92 Å². The Hall–Kier alpha value is -4.93. The van der Waals surface area contributed by atoms with Crippen molar-refractivity contribution in [2.75, 3.05) is 17.2 Å². The van der Waals surface area contributed by atoms with Crippen molar-refractivity contribution in [3.05, 3.63) is 119 Å². The molecular formula is C35H32N4O4S2. The lowest BCUT2D eigenvalue weighted by atomic mass is 10.1. The zero-order valence-corrected chi connectivity index (χ0v) is 26.6. The summed E-state index contributed by atoms with van der Waals surface area (Å²) in [5.74, 6) is -0.294. The molecule has 0 aliphatic heterocycles. The highest BCUT2D eigenvalue weighted by Gasteiger charge is 2.19. The van der Waals surface area contributed by atoms with Gasteiger partial charge in [-0.1, -0.05) is 65.4 Å². The van der Waals surface area contributed by atoms with Gasteiger partial charge in [-0.05, 0) is 80.9 Å². The van der Waals surface area contributed by atoms with E-state index in [1.54, 1.807) is 48.5 Å². The molecule has 228 valence electrons. The topological polar surface area (TPSA) is 109 Å². The van der Waals surface area contributed by atoms with Crippen molar-refractivity contribution in [3.8, 4) is 5.75 Å². The van der Waals surface area contributed by atoms with E-state index in [0.717, 1.165) is 32.0 Å². The van der Waals surface area contributed by atoms with Gasteiger partial charge >= 0.3 is 0 Å². The fourth-order valence-electron chi connectivity index (χ4n) is 4.39. The minimum absolute atomic E-state index is 0.101. The highest BCUT2D eigenvalue weighted by atomic mass is 32.2. The van der Waals surface area contributed by atoms with Gasteiger partial charge in [0.05, 0.1) is 22.1 Å². The molecule has 5 rings (SSSR count). The Morgan fingerprint density at radius 2 is 1.73 bits per heavy atom. The van der Waals surface area contributed by atoms with E-state index in [1.807, 2.05) is 75.4 Å². The second-order valence-electron chi connectivity index (χ2n) is 10.1. The molecule has 0 aliphatic carbocycles. The molecule has 8 nitrogen and oxygen atoms in total. The van der Waals surface area contributed by atoms with Crippen molar-refractivity contribution in [1.82, 2.24) is 10.3 Å². The van der Waals surface area contributed by atoms with Crippen molar-refractivity contribution < 1.29 is 19.1 Å². The van der Waals surface area contributed by atoms with Crippen molar-refractivity contribution >= 4 is 67.9 Å². The second kappa shape index (κ2) is 14.7. The maximum atomic E-state index is 13.5.